The Labute approximate surface area is 184 Å². The van der Waals surface area contributed by atoms with E-state index < -0.39 is 0 Å². The fraction of sp³-hybridized carbons (Fsp3) is 0.304. The maximum atomic E-state index is 14.9. The molecule has 0 unspecified atom stereocenters. The van der Waals surface area contributed by atoms with Crippen LogP contribution in [0.4, 0.5) is 4.39 Å². The number of piperazine rings is 1. The van der Waals surface area contributed by atoms with Crippen molar-refractivity contribution in [1.29, 1.82) is 0 Å². The van der Waals surface area contributed by atoms with E-state index in [4.69, 9.17) is 0 Å². The summed E-state index contributed by atoms with van der Waals surface area (Å²) in [6.45, 7) is 6.00. The van der Waals surface area contributed by atoms with Crippen LogP contribution in [0.1, 0.15) is 27.9 Å². The van der Waals surface area contributed by atoms with Gasteiger partial charge in [-0.2, -0.15) is 4.52 Å². The smallest absolute Gasteiger partial charge is 0.230 e. The molecule has 5 rings (SSSR count). The van der Waals surface area contributed by atoms with Crippen LogP contribution in [0.15, 0.2) is 54.6 Å². The number of fused-ring (bicyclic) bond motifs is 1. The maximum Gasteiger partial charge on any atom is 0.230 e. The molecular formula is C23H24FN5OS. The van der Waals surface area contributed by atoms with Gasteiger partial charge in [0, 0.05) is 38.3 Å². The van der Waals surface area contributed by atoms with Crippen molar-refractivity contribution in [2.75, 3.05) is 26.2 Å². The summed E-state index contributed by atoms with van der Waals surface area (Å²) in [6.07, 6.45) is 0. The van der Waals surface area contributed by atoms with Gasteiger partial charge in [-0.1, -0.05) is 59.9 Å². The number of benzene rings is 2. The minimum Gasteiger partial charge on any atom is -0.492 e. The van der Waals surface area contributed by atoms with E-state index in [1.165, 1.54) is 27.5 Å². The Morgan fingerprint density at radius 2 is 1.74 bits per heavy atom. The monoisotopic (exact) mass is 437 g/mol. The van der Waals surface area contributed by atoms with Crippen molar-refractivity contribution >= 4 is 16.3 Å². The average molecular weight is 438 g/mol. The Morgan fingerprint density at radius 3 is 2.45 bits per heavy atom. The maximum absolute atomic E-state index is 14.9. The highest BCUT2D eigenvalue weighted by Crippen LogP contribution is 2.41. The third kappa shape index (κ3) is 3.94. The Morgan fingerprint density at radius 1 is 1.03 bits per heavy atom. The van der Waals surface area contributed by atoms with Gasteiger partial charge in [0.15, 0.2) is 0 Å². The quantitative estimate of drug-likeness (QED) is 0.514. The van der Waals surface area contributed by atoms with Gasteiger partial charge in [0.2, 0.25) is 10.8 Å². The second kappa shape index (κ2) is 8.37. The SMILES string of the molecule is Cc1nc2sc([C@H](c3ccccc3F)N3CCN(Cc4ccccc4)CC3)c(O)n2n1. The predicted molar refractivity (Wildman–Crippen MR) is 119 cm³/mol. The van der Waals surface area contributed by atoms with E-state index in [-0.39, 0.29) is 17.7 Å². The summed E-state index contributed by atoms with van der Waals surface area (Å²) in [6, 6.07) is 16.9. The molecule has 3 heterocycles. The van der Waals surface area contributed by atoms with E-state index in [1.807, 2.05) is 12.1 Å². The lowest BCUT2D eigenvalue weighted by Crippen LogP contribution is -2.47. The van der Waals surface area contributed by atoms with Crippen molar-refractivity contribution in [3.8, 4) is 5.88 Å². The van der Waals surface area contributed by atoms with Crippen LogP contribution in [-0.2, 0) is 6.54 Å². The molecule has 2 aromatic carbocycles. The fourth-order valence-corrected chi connectivity index (χ4v) is 5.40. The number of halogens is 1. The molecule has 6 nitrogen and oxygen atoms in total. The number of aromatic hydroxyl groups is 1. The van der Waals surface area contributed by atoms with Crippen LogP contribution >= 0.6 is 11.3 Å². The number of hydrogen-bond acceptors (Lipinski definition) is 6. The Balaban J connectivity index is 1.44. The minimum absolute atomic E-state index is 0.0422. The Kier molecular flexibility index (Phi) is 5.43. The van der Waals surface area contributed by atoms with Crippen molar-refractivity contribution < 1.29 is 9.50 Å². The third-order valence-electron chi connectivity index (χ3n) is 5.77. The molecule has 2 aromatic heterocycles. The molecule has 0 bridgehead atoms. The van der Waals surface area contributed by atoms with Crippen molar-refractivity contribution in [2.24, 2.45) is 0 Å². The van der Waals surface area contributed by atoms with Crippen molar-refractivity contribution in [3.05, 3.63) is 82.2 Å². The van der Waals surface area contributed by atoms with Crippen LogP contribution in [-0.4, -0.2) is 55.7 Å². The van der Waals surface area contributed by atoms with E-state index in [9.17, 15) is 9.50 Å². The van der Waals surface area contributed by atoms with Gasteiger partial charge in [0.05, 0.1) is 10.9 Å². The van der Waals surface area contributed by atoms with E-state index in [1.54, 1.807) is 19.1 Å². The molecule has 1 aliphatic rings. The zero-order valence-electron chi connectivity index (χ0n) is 17.3. The van der Waals surface area contributed by atoms with Crippen LogP contribution in [0, 0.1) is 12.7 Å². The van der Waals surface area contributed by atoms with Crippen LogP contribution < -0.4 is 0 Å². The standard InChI is InChI=1S/C23H24FN5OS/c1-16-25-23-29(26-16)22(30)21(31-23)20(18-9-5-6-10-19(18)24)28-13-11-27(12-14-28)15-17-7-3-2-4-8-17/h2-10,20,30H,11-15H2,1H3/t20-/m0/s1. The average Bonchev–Trinajstić information content (AvgIpc) is 3.29. The lowest BCUT2D eigenvalue weighted by molar-refractivity contribution is 0.103. The highest BCUT2D eigenvalue weighted by atomic mass is 32.1. The summed E-state index contributed by atoms with van der Waals surface area (Å²) in [5.74, 6) is 0.374. The molecule has 0 spiro atoms. The molecule has 31 heavy (non-hydrogen) atoms. The van der Waals surface area contributed by atoms with Crippen molar-refractivity contribution in [2.45, 2.75) is 19.5 Å². The molecule has 1 saturated heterocycles. The number of nitrogens with zero attached hydrogens (tertiary/aromatic N) is 5. The van der Waals surface area contributed by atoms with Crippen LogP contribution in [0.5, 0.6) is 5.88 Å². The molecule has 0 radical (unpaired) electrons. The highest BCUT2D eigenvalue weighted by molar-refractivity contribution is 7.17. The third-order valence-corrected chi connectivity index (χ3v) is 6.85. The molecule has 1 N–H and O–H groups in total. The van der Waals surface area contributed by atoms with E-state index in [2.05, 4.69) is 44.1 Å². The van der Waals surface area contributed by atoms with Gasteiger partial charge in [-0.3, -0.25) is 9.80 Å². The lowest BCUT2D eigenvalue weighted by atomic mass is 10.0. The van der Waals surface area contributed by atoms with Crippen LogP contribution in [0.3, 0.4) is 0 Å². The molecule has 1 fully saturated rings. The van der Waals surface area contributed by atoms with Gasteiger partial charge in [-0.15, -0.1) is 5.10 Å². The summed E-state index contributed by atoms with van der Waals surface area (Å²) in [4.78, 5) is 10.3. The molecule has 160 valence electrons. The summed E-state index contributed by atoms with van der Waals surface area (Å²) in [5.41, 5.74) is 1.86. The Hall–Kier alpha value is -2.81. The van der Waals surface area contributed by atoms with E-state index in [0.29, 0.717) is 21.2 Å². The first-order valence-electron chi connectivity index (χ1n) is 10.4. The summed E-state index contributed by atoms with van der Waals surface area (Å²) in [7, 11) is 0. The van der Waals surface area contributed by atoms with Gasteiger partial charge < -0.3 is 5.11 Å². The number of aryl methyl sites for hydroxylation is 1. The summed E-state index contributed by atoms with van der Waals surface area (Å²) in [5, 5.41) is 15.2. The molecule has 4 aromatic rings. The normalized spacial score (nSPS) is 16.7. The molecule has 8 heteroatoms. The minimum atomic E-state index is -0.381. The number of rotatable bonds is 5. The van der Waals surface area contributed by atoms with Crippen molar-refractivity contribution in [3.63, 3.8) is 0 Å². The molecule has 1 aliphatic heterocycles. The molecule has 0 amide bonds. The van der Waals surface area contributed by atoms with Crippen LogP contribution in [0.2, 0.25) is 0 Å². The number of hydrogen-bond donors (Lipinski definition) is 1. The summed E-state index contributed by atoms with van der Waals surface area (Å²) >= 11 is 1.37. The second-order valence-electron chi connectivity index (χ2n) is 7.87. The van der Waals surface area contributed by atoms with Gasteiger partial charge in [-0.05, 0) is 18.6 Å². The zero-order valence-corrected chi connectivity index (χ0v) is 18.1. The largest absolute Gasteiger partial charge is 0.492 e. The van der Waals surface area contributed by atoms with Gasteiger partial charge in [0.25, 0.3) is 0 Å². The number of aromatic nitrogens is 3. The van der Waals surface area contributed by atoms with Gasteiger partial charge in [0.1, 0.15) is 11.6 Å². The first-order valence-corrected chi connectivity index (χ1v) is 11.2. The zero-order chi connectivity index (χ0) is 21.4. The van der Waals surface area contributed by atoms with E-state index >= 15 is 0 Å². The van der Waals surface area contributed by atoms with Crippen LogP contribution in [0.25, 0.3) is 4.96 Å². The fourth-order valence-electron chi connectivity index (χ4n) is 4.25. The molecular weight excluding hydrogens is 413 g/mol. The first-order chi connectivity index (χ1) is 15.1. The van der Waals surface area contributed by atoms with E-state index in [0.717, 1.165) is 32.7 Å². The lowest BCUT2D eigenvalue weighted by Gasteiger charge is -2.39. The summed E-state index contributed by atoms with van der Waals surface area (Å²) < 4.78 is 16.3. The first kappa shape index (κ1) is 20.1. The Bertz CT molecular complexity index is 1180. The second-order valence-corrected chi connectivity index (χ2v) is 8.87. The molecule has 0 saturated carbocycles. The topological polar surface area (TPSA) is 56.9 Å². The highest BCUT2D eigenvalue weighted by Gasteiger charge is 2.33. The predicted octanol–water partition coefficient (Wildman–Crippen LogP) is 3.85. The van der Waals surface area contributed by atoms with Gasteiger partial charge in [-0.25, -0.2) is 9.37 Å². The molecule has 1 atom stereocenters. The molecule has 0 aliphatic carbocycles. The van der Waals surface area contributed by atoms with Crippen molar-refractivity contribution in [1.82, 2.24) is 24.4 Å². The van der Waals surface area contributed by atoms with Gasteiger partial charge >= 0.3 is 0 Å². The number of thiazole rings is 1.